The van der Waals surface area contributed by atoms with Gasteiger partial charge in [-0.3, -0.25) is 4.79 Å². The highest BCUT2D eigenvalue weighted by atomic mass is 35.5. The average molecular weight is 462 g/mol. The summed E-state index contributed by atoms with van der Waals surface area (Å²) in [7, 11) is 0. The predicted octanol–water partition coefficient (Wildman–Crippen LogP) is 4.77. The molecular weight excluding hydrogens is 438 g/mol. The first-order valence-corrected chi connectivity index (χ1v) is 11.3. The first-order valence-electron chi connectivity index (χ1n) is 10.9. The number of carbonyl (C=O) groups is 1. The monoisotopic (exact) mass is 461 g/mol. The van der Waals surface area contributed by atoms with E-state index in [9.17, 15) is 9.90 Å². The Balaban J connectivity index is 1.34. The zero-order valence-corrected chi connectivity index (χ0v) is 18.7. The second-order valence-electron chi connectivity index (χ2n) is 8.55. The number of amides is 1. The van der Waals surface area contributed by atoms with Crippen LogP contribution in [0.15, 0.2) is 66.9 Å². The van der Waals surface area contributed by atoms with Crippen LogP contribution in [-0.2, 0) is 5.60 Å². The number of pyridine rings is 1. The van der Waals surface area contributed by atoms with Gasteiger partial charge in [0.25, 0.3) is 0 Å². The Morgan fingerprint density at radius 1 is 1.09 bits per heavy atom. The second kappa shape index (κ2) is 8.50. The number of aromatic nitrogens is 3. The fraction of sp³-hybridized carbons (Fsp3) is 0.240. The van der Waals surface area contributed by atoms with E-state index >= 15 is 0 Å². The van der Waals surface area contributed by atoms with Gasteiger partial charge in [-0.25, -0.2) is 4.52 Å². The molecule has 0 radical (unpaired) electrons. The second-order valence-corrected chi connectivity index (χ2v) is 8.98. The first-order chi connectivity index (χ1) is 15.9. The van der Waals surface area contributed by atoms with Crippen LogP contribution in [0.3, 0.4) is 0 Å². The van der Waals surface area contributed by atoms with E-state index in [0.717, 1.165) is 35.3 Å². The number of fused-ring (bicyclic) bond motifs is 1. The number of rotatable bonds is 5. The van der Waals surface area contributed by atoms with Gasteiger partial charge in [0.1, 0.15) is 0 Å². The van der Waals surface area contributed by atoms with Crippen molar-refractivity contribution in [3.05, 3.63) is 88.6 Å². The predicted molar refractivity (Wildman–Crippen MR) is 128 cm³/mol. The molecule has 1 aliphatic rings. The van der Waals surface area contributed by atoms with Crippen LogP contribution in [0.4, 0.5) is 11.6 Å². The van der Waals surface area contributed by atoms with Crippen molar-refractivity contribution < 1.29 is 9.90 Å². The zero-order chi connectivity index (χ0) is 23.0. The smallest absolute Gasteiger partial charge is 0.248 e. The van der Waals surface area contributed by atoms with Crippen molar-refractivity contribution in [1.82, 2.24) is 14.6 Å². The average Bonchev–Trinajstić information content (AvgIpc) is 3.23. The summed E-state index contributed by atoms with van der Waals surface area (Å²) in [5, 5.41) is 19.6. The molecule has 0 bridgehead atoms. The minimum Gasteiger partial charge on any atom is -0.385 e. The van der Waals surface area contributed by atoms with E-state index in [4.69, 9.17) is 22.3 Å². The largest absolute Gasteiger partial charge is 0.385 e. The van der Waals surface area contributed by atoms with Crippen molar-refractivity contribution in [2.45, 2.75) is 37.2 Å². The van der Waals surface area contributed by atoms with Crippen LogP contribution in [0.25, 0.3) is 5.65 Å². The number of anilines is 2. The molecule has 5 rings (SSSR count). The molecule has 0 atom stereocenters. The summed E-state index contributed by atoms with van der Waals surface area (Å²) in [5.74, 6) is 0.295. The van der Waals surface area contributed by atoms with Gasteiger partial charge >= 0.3 is 0 Å². The van der Waals surface area contributed by atoms with Crippen molar-refractivity contribution in [3.63, 3.8) is 0 Å². The van der Waals surface area contributed by atoms with Crippen molar-refractivity contribution in [2.75, 3.05) is 5.32 Å². The molecule has 8 heteroatoms. The fourth-order valence-corrected chi connectivity index (χ4v) is 4.73. The lowest BCUT2D eigenvalue weighted by molar-refractivity contribution is -0.00559. The highest BCUT2D eigenvalue weighted by Crippen LogP contribution is 2.44. The minimum atomic E-state index is -0.830. The molecule has 4 aromatic rings. The van der Waals surface area contributed by atoms with E-state index in [1.165, 1.54) is 0 Å². The van der Waals surface area contributed by atoms with Crippen molar-refractivity contribution in [2.24, 2.45) is 5.73 Å². The van der Waals surface area contributed by atoms with Gasteiger partial charge in [-0.05, 0) is 79.6 Å². The van der Waals surface area contributed by atoms with E-state index < -0.39 is 11.5 Å². The summed E-state index contributed by atoms with van der Waals surface area (Å²) in [6.07, 6.45) is 4.92. The Labute approximate surface area is 196 Å². The zero-order valence-electron chi connectivity index (χ0n) is 17.9. The SMILES string of the molecule is NC(=O)c1ccc(Nc2nc3c(C4CCC(O)(c5ccc(Cl)cc5)CC4)cccn3n2)cc1. The highest BCUT2D eigenvalue weighted by Gasteiger charge is 2.36. The Morgan fingerprint density at radius 3 is 2.45 bits per heavy atom. The van der Waals surface area contributed by atoms with Crippen LogP contribution in [-0.4, -0.2) is 25.6 Å². The lowest BCUT2D eigenvalue weighted by Gasteiger charge is -2.36. The Bertz CT molecular complexity index is 1290. The third-order valence-electron chi connectivity index (χ3n) is 6.45. The molecule has 168 valence electrons. The normalized spacial score (nSPS) is 20.6. The number of hydrogen-bond donors (Lipinski definition) is 3. The number of nitrogens with one attached hydrogen (secondary N) is 1. The van der Waals surface area contributed by atoms with E-state index in [0.29, 0.717) is 29.4 Å². The van der Waals surface area contributed by atoms with E-state index in [1.54, 1.807) is 28.8 Å². The maximum Gasteiger partial charge on any atom is 0.248 e. The molecule has 33 heavy (non-hydrogen) atoms. The molecule has 0 saturated heterocycles. The molecule has 1 fully saturated rings. The van der Waals surface area contributed by atoms with E-state index in [1.807, 2.05) is 36.5 Å². The van der Waals surface area contributed by atoms with Crippen LogP contribution < -0.4 is 11.1 Å². The molecule has 0 aliphatic heterocycles. The number of nitrogens with zero attached hydrogens (tertiary/aromatic N) is 3. The molecule has 7 nitrogen and oxygen atoms in total. The molecule has 1 amide bonds. The number of hydrogen-bond acceptors (Lipinski definition) is 5. The summed E-state index contributed by atoms with van der Waals surface area (Å²) in [4.78, 5) is 16.0. The van der Waals surface area contributed by atoms with Gasteiger partial charge in [-0.2, -0.15) is 4.98 Å². The summed E-state index contributed by atoms with van der Waals surface area (Å²) >= 11 is 6.01. The van der Waals surface area contributed by atoms with E-state index in [-0.39, 0.29) is 5.92 Å². The number of aliphatic hydroxyl groups is 1. The van der Waals surface area contributed by atoms with Crippen LogP contribution in [0.1, 0.15) is 53.1 Å². The summed E-state index contributed by atoms with van der Waals surface area (Å²) in [6, 6.07) is 18.4. The van der Waals surface area contributed by atoms with Gasteiger partial charge in [0.05, 0.1) is 5.60 Å². The lowest BCUT2D eigenvalue weighted by Crippen LogP contribution is -2.31. The molecule has 4 N–H and O–H groups in total. The third kappa shape index (κ3) is 4.29. The van der Waals surface area contributed by atoms with E-state index in [2.05, 4.69) is 16.5 Å². The van der Waals surface area contributed by atoms with Gasteiger partial charge in [-0.1, -0.05) is 29.8 Å². The summed E-state index contributed by atoms with van der Waals surface area (Å²) < 4.78 is 1.77. The summed E-state index contributed by atoms with van der Waals surface area (Å²) in [6.45, 7) is 0. The minimum absolute atomic E-state index is 0.285. The molecule has 0 unspecified atom stereocenters. The Morgan fingerprint density at radius 2 is 1.79 bits per heavy atom. The van der Waals surface area contributed by atoms with Crippen LogP contribution in [0.5, 0.6) is 0 Å². The van der Waals surface area contributed by atoms with Crippen molar-refractivity contribution in [3.8, 4) is 0 Å². The van der Waals surface area contributed by atoms with Gasteiger partial charge in [0.2, 0.25) is 11.9 Å². The molecule has 2 aromatic heterocycles. The maximum atomic E-state index is 11.3. The van der Waals surface area contributed by atoms with Crippen LogP contribution >= 0.6 is 11.6 Å². The number of nitrogens with two attached hydrogens (primary N) is 1. The van der Waals surface area contributed by atoms with Crippen LogP contribution in [0, 0.1) is 0 Å². The maximum absolute atomic E-state index is 11.3. The van der Waals surface area contributed by atoms with Gasteiger partial charge in [0.15, 0.2) is 5.65 Å². The molecular formula is C25H24ClN5O2. The standard InChI is InChI=1S/C25H24ClN5O2/c26-19-7-5-18(6-8-19)25(33)13-11-16(12-14-25)21-2-1-15-31-23(21)29-24(30-31)28-20-9-3-17(4-10-20)22(27)32/h1-10,15-16,33H,11-14H2,(H2,27,32)(H,28,30). The number of halogens is 1. The Hall–Kier alpha value is -3.42. The number of primary amides is 1. The number of benzene rings is 2. The topological polar surface area (TPSA) is 106 Å². The van der Waals surface area contributed by atoms with Gasteiger partial charge in [-0.15, -0.1) is 5.10 Å². The molecule has 2 heterocycles. The van der Waals surface area contributed by atoms with Crippen LogP contribution in [0.2, 0.25) is 5.02 Å². The fourth-order valence-electron chi connectivity index (χ4n) is 4.60. The quantitative estimate of drug-likeness (QED) is 0.397. The molecule has 0 spiro atoms. The van der Waals surface area contributed by atoms with Crippen molar-refractivity contribution in [1.29, 1.82) is 0 Å². The highest BCUT2D eigenvalue weighted by molar-refractivity contribution is 6.30. The lowest BCUT2D eigenvalue weighted by atomic mass is 9.73. The first kappa shape index (κ1) is 21.4. The Kier molecular flexibility index (Phi) is 5.52. The molecule has 1 saturated carbocycles. The molecule has 1 aliphatic carbocycles. The van der Waals surface area contributed by atoms with Gasteiger partial charge < -0.3 is 16.2 Å². The molecule has 2 aromatic carbocycles. The number of carbonyl (C=O) groups excluding carboxylic acids is 1. The third-order valence-corrected chi connectivity index (χ3v) is 6.70. The summed E-state index contributed by atoms with van der Waals surface area (Å²) in [5.41, 5.74) is 8.53. The van der Waals surface area contributed by atoms with Crippen molar-refractivity contribution >= 4 is 34.8 Å². The van der Waals surface area contributed by atoms with Gasteiger partial charge in [0, 0.05) is 28.0 Å².